The molecule has 0 saturated carbocycles. The number of carbonyl (C=O) groups excluding carboxylic acids is 4. The Morgan fingerprint density at radius 3 is 0.752 bits per heavy atom. The summed E-state index contributed by atoms with van der Waals surface area (Å²) in [6, 6.07) is 0. The number of hydrogen-bond acceptors (Lipinski definition) is 15. The highest BCUT2D eigenvalue weighted by atomic mass is 31.2. The lowest BCUT2D eigenvalue weighted by Gasteiger charge is -2.21. The van der Waals surface area contributed by atoms with Gasteiger partial charge < -0.3 is 33.8 Å². The van der Waals surface area contributed by atoms with Crippen LogP contribution >= 0.6 is 15.6 Å². The molecule has 0 fully saturated rings. The van der Waals surface area contributed by atoms with Crippen LogP contribution in [0, 0.1) is 11.8 Å². The van der Waals surface area contributed by atoms with E-state index in [-0.39, 0.29) is 25.7 Å². The molecule has 17 nitrogen and oxygen atoms in total. The monoisotopic (exact) mass is 1480 g/mol. The molecule has 600 valence electrons. The van der Waals surface area contributed by atoms with Crippen LogP contribution in [0.15, 0.2) is 0 Å². The van der Waals surface area contributed by atoms with Gasteiger partial charge in [-0.3, -0.25) is 37.3 Å². The van der Waals surface area contributed by atoms with Crippen LogP contribution in [0.25, 0.3) is 0 Å². The van der Waals surface area contributed by atoms with Gasteiger partial charge in [-0.2, -0.15) is 0 Å². The molecule has 6 atom stereocenters. The Bertz CT molecular complexity index is 1940. The molecule has 0 amide bonds. The summed E-state index contributed by atoms with van der Waals surface area (Å²) < 4.78 is 68.6. The van der Waals surface area contributed by atoms with Crippen LogP contribution in [-0.2, 0) is 65.4 Å². The van der Waals surface area contributed by atoms with E-state index < -0.39 is 97.5 Å². The van der Waals surface area contributed by atoms with Crippen molar-refractivity contribution in [2.24, 2.45) is 11.8 Å². The third kappa shape index (κ3) is 74.7. The first-order valence-corrected chi connectivity index (χ1v) is 45.5. The van der Waals surface area contributed by atoms with E-state index >= 15 is 0 Å². The number of aliphatic hydroxyl groups excluding tert-OH is 1. The Morgan fingerprint density at radius 2 is 0.505 bits per heavy atom. The lowest BCUT2D eigenvalue weighted by Crippen LogP contribution is -2.30. The van der Waals surface area contributed by atoms with Gasteiger partial charge in [0.15, 0.2) is 12.2 Å². The summed E-state index contributed by atoms with van der Waals surface area (Å²) in [7, 11) is -9.91. The van der Waals surface area contributed by atoms with Gasteiger partial charge in [0.1, 0.15) is 19.3 Å². The second-order valence-electron chi connectivity index (χ2n) is 30.2. The lowest BCUT2D eigenvalue weighted by atomic mass is 9.99. The highest BCUT2D eigenvalue weighted by Gasteiger charge is 2.30. The van der Waals surface area contributed by atoms with Gasteiger partial charge in [-0.25, -0.2) is 9.13 Å². The minimum Gasteiger partial charge on any atom is -0.462 e. The van der Waals surface area contributed by atoms with Gasteiger partial charge in [0, 0.05) is 25.7 Å². The zero-order valence-corrected chi connectivity index (χ0v) is 68.0. The molecule has 0 aliphatic heterocycles. The second-order valence-corrected chi connectivity index (χ2v) is 33.1. The van der Waals surface area contributed by atoms with Crippen molar-refractivity contribution in [3.8, 4) is 0 Å². The third-order valence-corrected chi connectivity index (χ3v) is 21.5. The van der Waals surface area contributed by atoms with Crippen molar-refractivity contribution in [3.05, 3.63) is 0 Å². The lowest BCUT2D eigenvalue weighted by molar-refractivity contribution is -0.161. The van der Waals surface area contributed by atoms with E-state index in [1.807, 2.05) is 0 Å². The summed E-state index contributed by atoms with van der Waals surface area (Å²) in [5.74, 6) is -0.428. The zero-order valence-electron chi connectivity index (χ0n) is 66.2. The number of unbranched alkanes of at least 4 members (excludes halogenated alkanes) is 50. The molecule has 101 heavy (non-hydrogen) atoms. The maximum Gasteiger partial charge on any atom is 0.472 e. The Hall–Kier alpha value is -1.94. The smallest absolute Gasteiger partial charge is 0.462 e. The molecule has 19 heteroatoms. The molecule has 0 rings (SSSR count). The summed E-state index contributed by atoms with van der Waals surface area (Å²) in [5.41, 5.74) is 0. The molecule has 0 aromatic heterocycles. The summed E-state index contributed by atoms with van der Waals surface area (Å²) in [4.78, 5) is 72.9. The van der Waals surface area contributed by atoms with Crippen molar-refractivity contribution in [1.29, 1.82) is 0 Å². The molecule has 0 aliphatic rings. The normalized spacial score (nSPS) is 14.2. The van der Waals surface area contributed by atoms with Crippen molar-refractivity contribution in [2.45, 2.75) is 452 Å². The van der Waals surface area contributed by atoms with E-state index in [0.717, 1.165) is 115 Å². The molecule has 0 spiro atoms. The van der Waals surface area contributed by atoms with E-state index in [1.165, 1.54) is 238 Å². The number of ether oxygens (including phenoxy) is 4. The third-order valence-electron chi connectivity index (χ3n) is 19.6. The number of phosphoric ester groups is 2. The van der Waals surface area contributed by atoms with Crippen molar-refractivity contribution < 1.29 is 80.2 Å². The first-order valence-electron chi connectivity index (χ1n) is 42.5. The molecular weight excluding hydrogens is 1320 g/mol. The van der Waals surface area contributed by atoms with Gasteiger partial charge in [0.05, 0.1) is 26.4 Å². The quantitative estimate of drug-likeness (QED) is 0.0222. The fraction of sp³-hybridized carbons (Fsp3) is 0.951. The van der Waals surface area contributed by atoms with Gasteiger partial charge in [-0.1, -0.05) is 382 Å². The Balaban J connectivity index is 5.16. The minimum absolute atomic E-state index is 0.107. The predicted molar refractivity (Wildman–Crippen MR) is 414 cm³/mol. The molecule has 0 heterocycles. The van der Waals surface area contributed by atoms with Crippen molar-refractivity contribution in [1.82, 2.24) is 0 Å². The number of phosphoric acid groups is 2. The van der Waals surface area contributed by atoms with Crippen molar-refractivity contribution in [2.75, 3.05) is 39.6 Å². The summed E-state index contributed by atoms with van der Waals surface area (Å²) >= 11 is 0. The fourth-order valence-corrected chi connectivity index (χ4v) is 14.3. The van der Waals surface area contributed by atoms with E-state index in [2.05, 4.69) is 41.5 Å². The first-order chi connectivity index (χ1) is 48.9. The number of carbonyl (C=O) groups is 4. The summed E-state index contributed by atoms with van der Waals surface area (Å²) in [6.07, 6.45) is 64.0. The SMILES string of the molecule is CCCCCCCCCCCCCCCC(=O)O[C@H](COC(=O)CCCCCCCCC)COP(=O)(O)OC[C@H](O)COP(=O)(O)OC[C@@H](COC(=O)CCCCCCCCCCCCCCCCCCC(C)C)OC(=O)CCCCCCCCCCCCCCCCCCCCC(C)CC. The maximum absolute atomic E-state index is 13.1. The second kappa shape index (κ2) is 73.6. The van der Waals surface area contributed by atoms with E-state index in [4.69, 9.17) is 37.0 Å². The van der Waals surface area contributed by atoms with E-state index in [1.54, 1.807) is 0 Å². The van der Waals surface area contributed by atoms with Gasteiger partial charge >= 0.3 is 39.5 Å². The Morgan fingerprint density at radius 1 is 0.287 bits per heavy atom. The van der Waals surface area contributed by atoms with Crippen LogP contribution in [0.2, 0.25) is 0 Å². The Kier molecular flexibility index (Phi) is 72.2. The summed E-state index contributed by atoms with van der Waals surface area (Å²) in [6.45, 7) is 9.70. The average Bonchev–Trinajstić information content (AvgIpc) is 0.967. The van der Waals surface area contributed by atoms with E-state index in [9.17, 15) is 43.2 Å². The standard InChI is InChI=1S/C82H160O17P2/c1-7-10-12-14-16-17-18-29-37-42-48-54-60-66-81(86)98-77(70-92-79(84)64-58-52-44-15-13-11-8-2)72-96-100(88,89)94-68-76(83)69-95-101(90,91)97-73-78(71-93-80(85)65-59-53-47-41-36-32-27-24-23-25-30-34-39-45-50-56-62-74(4)5)99-82(87)67-61-55-49-43-38-33-28-22-20-19-21-26-31-35-40-46-51-57-63-75(6)9-3/h74-78,83H,7-73H2,1-6H3,(H,88,89)(H,90,91)/t75?,76-,77+,78+/m0/s1. The molecule has 0 saturated heterocycles. The summed E-state index contributed by atoms with van der Waals surface area (Å²) in [5, 5.41) is 10.6. The molecule has 3 unspecified atom stereocenters. The number of hydrogen-bond donors (Lipinski definition) is 3. The van der Waals surface area contributed by atoms with Crippen molar-refractivity contribution in [3.63, 3.8) is 0 Å². The molecule has 0 aromatic carbocycles. The van der Waals surface area contributed by atoms with Gasteiger partial charge in [0.25, 0.3) is 0 Å². The molecule has 3 N–H and O–H groups in total. The number of aliphatic hydroxyl groups is 1. The van der Waals surface area contributed by atoms with Crippen molar-refractivity contribution >= 4 is 39.5 Å². The molecule has 0 bridgehead atoms. The van der Waals surface area contributed by atoms with Crippen LogP contribution in [0.4, 0.5) is 0 Å². The van der Waals surface area contributed by atoms with Gasteiger partial charge in [-0.15, -0.1) is 0 Å². The highest BCUT2D eigenvalue weighted by Crippen LogP contribution is 2.45. The first kappa shape index (κ1) is 99.1. The minimum atomic E-state index is -4.96. The maximum atomic E-state index is 13.1. The van der Waals surface area contributed by atoms with E-state index in [0.29, 0.717) is 25.7 Å². The van der Waals surface area contributed by atoms with Crippen LogP contribution in [0.5, 0.6) is 0 Å². The molecule has 0 aliphatic carbocycles. The topological polar surface area (TPSA) is 237 Å². The molecule has 0 radical (unpaired) electrons. The highest BCUT2D eigenvalue weighted by molar-refractivity contribution is 7.47. The van der Waals surface area contributed by atoms with Crippen LogP contribution in [-0.4, -0.2) is 96.7 Å². The number of esters is 4. The zero-order chi connectivity index (χ0) is 74.2. The largest absolute Gasteiger partial charge is 0.472 e. The van der Waals surface area contributed by atoms with Gasteiger partial charge in [-0.05, 0) is 37.5 Å². The van der Waals surface area contributed by atoms with Crippen LogP contribution in [0.1, 0.15) is 433 Å². The molecule has 0 aromatic rings. The fourth-order valence-electron chi connectivity index (χ4n) is 12.7. The average molecular weight is 1480 g/mol. The van der Waals surface area contributed by atoms with Crippen LogP contribution < -0.4 is 0 Å². The Labute approximate surface area is 619 Å². The molecular formula is C82H160O17P2. The number of rotatable bonds is 81. The van der Waals surface area contributed by atoms with Gasteiger partial charge in [0.2, 0.25) is 0 Å². The van der Waals surface area contributed by atoms with Crippen LogP contribution in [0.3, 0.4) is 0 Å². The predicted octanol–water partition coefficient (Wildman–Crippen LogP) is 24.7.